The number of hydrogen-bond donors (Lipinski definition) is 0. The van der Waals surface area contributed by atoms with E-state index in [-0.39, 0.29) is 0 Å². The van der Waals surface area contributed by atoms with E-state index in [1.165, 1.54) is 64.2 Å². The standard InChI is InChI=1S/C21H38O3/c1-3-24-19-21(18-22)17-15-13-11-9-7-5-4-6-8-10-12-14-16-20(2)23/h18-19H,3-17H2,1-2H3. The monoisotopic (exact) mass is 338 g/mol. The average molecular weight is 339 g/mol. The molecule has 0 unspecified atom stereocenters. The molecule has 0 bridgehead atoms. The van der Waals surface area contributed by atoms with Gasteiger partial charge in [-0.3, -0.25) is 4.79 Å². The Morgan fingerprint density at radius 3 is 1.54 bits per heavy atom. The van der Waals surface area contributed by atoms with Gasteiger partial charge >= 0.3 is 0 Å². The van der Waals surface area contributed by atoms with E-state index in [1.807, 2.05) is 6.92 Å². The van der Waals surface area contributed by atoms with Crippen LogP contribution in [0, 0.1) is 0 Å². The molecule has 140 valence electrons. The van der Waals surface area contributed by atoms with Gasteiger partial charge in [-0.25, -0.2) is 0 Å². The average Bonchev–Trinajstić information content (AvgIpc) is 2.57. The maximum absolute atomic E-state index is 10.8. The minimum atomic E-state index is 0.322. The minimum Gasteiger partial charge on any atom is -0.501 e. The van der Waals surface area contributed by atoms with Crippen LogP contribution in [-0.2, 0) is 14.3 Å². The molecule has 0 saturated heterocycles. The van der Waals surface area contributed by atoms with Crippen LogP contribution in [0.25, 0.3) is 0 Å². The summed E-state index contributed by atoms with van der Waals surface area (Å²) in [7, 11) is 0. The van der Waals surface area contributed by atoms with Gasteiger partial charge in [0.05, 0.1) is 12.9 Å². The zero-order chi connectivity index (χ0) is 17.9. The first-order valence-electron chi connectivity index (χ1n) is 9.96. The molecule has 0 saturated carbocycles. The Balaban J connectivity index is 3.22. The molecule has 0 rings (SSSR count). The number of ketones is 1. The summed E-state index contributed by atoms with van der Waals surface area (Å²) in [6, 6.07) is 0. The Bertz CT molecular complexity index is 334. The Hall–Kier alpha value is -1.12. The molecule has 0 N–H and O–H groups in total. The van der Waals surface area contributed by atoms with Gasteiger partial charge in [0.2, 0.25) is 0 Å². The van der Waals surface area contributed by atoms with Crippen molar-refractivity contribution in [2.45, 2.75) is 104 Å². The van der Waals surface area contributed by atoms with E-state index in [9.17, 15) is 9.59 Å². The van der Waals surface area contributed by atoms with Gasteiger partial charge in [-0.2, -0.15) is 0 Å². The van der Waals surface area contributed by atoms with Crippen LogP contribution in [0.1, 0.15) is 104 Å². The smallest absolute Gasteiger partial charge is 0.149 e. The number of unbranched alkanes of at least 4 members (excludes halogenated alkanes) is 11. The van der Waals surface area contributed by atoms with Crippen LogP contribution in [0.2, 0.25) is 0 Å². The molecule has 0 radical (unpaired) electrons. The first-order chi connectivity index (χ1) is 11.7. The van der Waals surface area contributed by atoms with Crippen LogP contribution in [0.4, 0.5) is 0 Å². The molecular weight excluding hydrogens is 300 g/mol. The number of carbonyl (C=O) groups excluding carboxylic acids is 2. The van der Waals surface area contributed by atoms with E-state index in [4.69, 9.17) is 4.74 Å². The quantitative estimate of drug-likeness (QED) is 0.130. The molecule has 24 heavy (non-hydrogen) atoms. The van der Waals surface area contributed by atoms with Gasteiger partial charge in [0, 0.05) is 12.0 Å². The van der Waals surface area contributed by atoms with Gasteiger partial charge in [-0.15, -0.1) is 0 Å². The number of carbonyl (C=O) groups is 2. The van der Waals surface area contributed by atoms with Gasteiger partial charge in [-0.05, 0) is 33.1 Å². The maximum atomic E-state index is 10.8. The lowest BCUT2D eigenvalue weighted by atomic mass is 10.0. The second kappa shape index (κ2) is 18.2. The molecule has 0 heterocycles. The summed E-state index contributed by atoms with van der Waals surface area (Å²) >= 11 is 0. The molecule has 0 aliphatic rings. The molecular formula is C21H38O3. The molecule has 0 aliphatic heterocycles. The third-order valence-corrected chi connectivity index (χ3v) is 4.30. The SMILES string of the molecule is CCOC=C(C=O)CCCCCCCCCCCCCCC(C)=O. The van der Waals surface area contributed by atoms with Crippen LogP contribution in [0.3, 0.4) is 0 Å². The van der Waals surface area contributed by atoms with Crippen LogP contribution >= 0.6 is 0 Å². The summed E-state index contributed by atoms with van der Waals surface area (Å²) in [5, 5.41) is 0. The van der Waals surface area contributed by atoms with E-state index in [1.54, 1.807) is 13.2 Å². The lowest BCUT2D eigenvalue weighted by Crippen LogP contribution is -1.90. The Morgan fingerprint density at radius 1 is 0.750 bits per heavy atom. The molecule has 0 atom stereocenters. The maximum Gasteiger partial charge on any atom is 0.149 e. The van der Waals surface area contributed by atoms with Crippen molar-refractivity contribution in [2.75, 3.05) is 6.61 Å². The highest BCUT2D eigenvalue weighted by molar-refractivity contribution is 5.75. The zero-order valence-corrected chi connectivity index (χ0v) is 16.0. The van der Waals surface area contributed by atoms with Gasteiger partial charge in [0.1, 0.15) is 12.1 Å². The van der Waals surface area contributed by atoms with Crippen molar-refractivity contribution in [2.24, 2.45) is 0 Å². The first-order valence-corrected chi connectivity index (χ1v) is 9.96. The molecule has 0 aromatic heterocycles. The molecule has 0 spiro atoms. The van der Waals surface area contributed by atoms with E-state index < -0.39 is 0 Å². The fraction of sp³-hybridized carbons (Fsp3) is 0.810. The molecule has 0 aromatic carbocycles. The normalized spacial score (nSPS) is 11.5. The minimum absolute atomic E-state index is 0.322. The molecule has 3 nitrogen and oxygen atoms in total. The molecule has 0 amide bonds. The van der Waals surface area contributed by atoms with Gasteiger partial charge in [-0.1, -0.05) is 64.2 Å². The number of aldehydes is 1. The van der Waals surface area contributed by atoms with Crippen LogP contribution < -0.4 is 0 Å². The third kappa shape index (κ3) is 17.2. The van der Waals surface area contributed by atoms with Crippen molar-refractivity contribution in [3.63, 3.8) is 0 Å². The molecule has 3 heteroatoms. The van der Waals surface area contributed by atoms with E-state index in [0.29, 0.717) is 12.4 Å². The summed E-state index contributed by atoms with van der Waals surface area (Å²) in [6.07, 6.45) is 19.2. The largest absolute Gasteiger partial charge is 0.501 e. The van der Waals surface area contributed by atoms with Crippen molar-refractivity contribution < 1.29 is 14.3 Å². The van der Waals surface area contributed by atoms with E-state index >= 15 is 0 Å². The molecule has 0 aromatic rings. The number of ether oxygens (including phenoxy) is 1. The highest BCUT2D eigenvalue weighted by Crippen LogP contribution is 2.14. The number of Topliss-reactive ketones (excluding diaryl/α,β-unsaturated/α-hetero) is 1. The van der Waals surface area contributed by atoms with Gasteiger partial charge in [0.25, 0.3) is 0 Å². The van der Waals surface area contributed by atoms with E-state index in [2.05, 4.69) is 0 Å². The Morgan fingerprint density at radius 2 is 1.17 bits per heavy atom. The van der Waals surface area contributed by atoms with E-state index in [0.717, 1.165) is 37.5 Å². The molecule has 0 aliphatic carbocycles. The lowest BCUT2D eigenvalue weighted by molar-refractivity contribution is -0.117. The Kier molecular flexibility index (Phi) is 17.4. The number of allylic oxidation sites excluding steroid dienone is 1. The predicted octanol–water partition coefficient (Wildman–Crippen LogP) is 6.16. The van der Waals surface area contributed by atoms with Crippen molar-refractivity contribution in [1.82, 2.24) is 0 Å². The van der Waals surface area contributed by atoms with Crippen molar-refractivity contribution in [3.8, 4) is 0 Å². The molecule has 0 fully saturated rings. The first kappa shape index (κ1) is 22.9. The van der Waals surface area contributed by atoms with Crippen LogP contribution in [-0.4, -0.2) is 18.7 Å². The predicted molar refractivity (Wildman–Crippen MR) is 101 cm³/mol. The summed E-state index contributed by atoms with van der Waals surface area (Å²) in [6.45, 7) is 4.22. The topological polar surface area (TPSA) is 43.4 Å². The fourth-order valence-corrected chi connectivity index (χ4v) is 2.81. The second-order valence-electron chi connectivity index (χ2n) is 6.71. The van der Waals surface area contributed by atoms with Crippen molar-refractivity contribution in [1.29, 1.82) is 0 Å². The van der Waals surface area contributed by atoms with Crippen LogP contribution in [0.15, 0.2) is 11.8 Å². The third-order valence-electron chi connectivity index (χ3n) is 4.30. The highest BCUT2D eigenvalue weighted by Gasteiger charge is 1.98. The lowest BCUT2D eigenvalue weighted by Gasteiger charge is -2.03. The van der Waals surface area contributed by atoms with Gasteiger partial charge < -0.3 is 9.53 Å². The Labute approximate surface area is 149 Å². The summed E-state index contributed by atoms with van der Waals surface area (Å²) in [5.41, 5.74) is 0.778. The number of hydrogen-bond acceptors (Lipinski definition) is 3. The highest BCUT2D eigenvalue weighted by atomic mass is 16.5. The summed E-state index contributed by atoms with van der Waals surface area (Å²) in [5.74, 6) is 0.322. The zero-order valence-electron chi connectivity index (χ0n) is 16.0. The van der Waals surface area contributed by atoms with Crippen LogP contribution in [0.5, 0.6) is 0 Å². The summed E-state index contributed by atoms with van der Waals surface area (Å²) in [4.78, 5) is 21.6. The second-order valence-corrected chi connectivity index (χ2v) is 6.71. The van der Waals surface area contributed by atoms with Gasteiger partial charge in [0.15, 0.2) is 0 Å². The van der Waals surface area contributed by atoms with Crippen molar-refractivity contribution >= 4 is 12.1 Å². The summed E-state index contributed by atoms with van der Waals surface area (Å²) < 4.78 is 5.15. The number of rotatable bonds is 18. The fourth-order valence-electron chi connectivity index (χ4n) is 2.81. The van der Waals surface area contributed by atoms with Crippen molar-refractivity contribution in [3.05, 3.63) is 11.8 Å².